The molecule has 4 rings (SSSR count). The lowest BCUT2D eigenvalue weighted by Gasteiger charge is -2.34. The predicted molar refractivity (Wildman–Crippen MR) is 117 cm³/mol. The summed E-state index contributed by atoms with van der Waals surface area (Å²) in [7, 11) is -3.45. The third kappa shape index (κ3) is 4.74. The Morgan fingerprint density at radius 3 is 2.62 bits per heavy atom. The molecular weight excluding hydrogens is 474 g/mol. The molecule has 0 saturated carbocycles. The van der Waals surface area contributed by atoms with Crippen LogP contribution in [0.3, 0.4) is 0 Å². The number of carbonyl (C=O) groups excluding carboxylic acids is 1. The van der Waals surface area contributed by atoms with E-state index in [1.807, 2.05) is 17.0 Å². The Hall–Kier alpha value is -1.26. The van der Waals surface area contributed by atoms with Crippen LogP contribution in [-0.4, -0.2) is 56.3 Å². The zero-order chi connectivity index (χ0) is 20.4. The van der Waals surface area contributed by atoms with Gasteiger partial charge in [-0.05, 0) is 58.5 Å². The summed E-state index contributed by atoms with van der Waals surface area (Å²) >= 11 is 4.54. The number of nitrogens with one attached hydrogen (secondary N) is 1. The number of thiophene rings is 1. The van der Waals surface area contributed by atoms with Crippen molar-refractivity contribution >= 4 is 43.2 Å². The van der Waals surface area contributed by atoms with E-state index in [4.69, 9.17) is 0 Å². The van der Waals surface area contributed by atoms with Crippen molar-refractivity contribution in [2.45, 2.75) is 29.5 Å². The summed E-state index contributed by atoms with van der Waals surface area (Å²) in [4.78, 5) is 14.6. The number of benzene rings is 1. The van der Waals surface area contributed by atoms with Crippen molar-refractivity contribution in [3.8, 4) is 0 Å². The van der Waals surface area contributed by atoms with Gasteiger partial charge in [0.25, 0.3) is 10.0 Å². The van der Waals surface area contributed by atoms with Gasteiger partial charge in [-0.25, -0.2) is 8.42 Å². The van der Waals surface area contributed by atoms with E-state index in [1.165, 1.54) is 26.8 Å². The number of hydrogen-bond acceptors (Lipinski definition) is 5. The molecule has 1 fully saturated rings. The minimum absolute atomic E-state index is 0.00481. The van der Waals surface area contributed by atoms with Crippen molar-refractivity contribution in [2.75, 3.05) is 32.7 Å². The van der Waals surface area contributed by atoms with Gasteiger partial charge in [0.1, 0.15) is 4.21 Å². The average molecular weight is 498 g/mol. The molecule has 0 radical (unpaired) electrons. The number of piperazine rings is 1. The molecule has 1 aliphatic carbocycles. The Labute approximate surface area is 184 Å². The van der Waals surface area contributed by atoms with Crippen molar-refractivity contribution in [3.63, 3.8) is 0 Å². The molecule has 1 amide bonds. The first-order valence-corrected chi connectivity index (χ1v) is 12.8. The minimum atomic E-state index is -3.45. The molecule has 0 spiro atoms. The van der Waals surface area contributed by atoms with E-state index in [1.54, 1.807) is 12.1 Å². The smallest absolute Gasteiger partial charge is 0.252 e. The zero-order valence-corrected chi connectivity index (χ0v) is 19.2. The third-order valence-electron chi connectivity index (χ3n) is 5.55. The van der Waals surface area contributed by atoms with E-state index in [0.29, 0.717) is 36.9 Å². The quantitative estimate of drug-likeness (QED) is 0.689. The van der Waals surface area contributed by atoms with Gasteiger partial charge in [-0.1, -0.05) is 24.3 Å². The van der Waals surface area contributed by atoms with E-state index >= 15 is 0 Å². The maximum atomic E-state index is 12.7. The molecule has 6 nitrogen and oxygen atoms in total. The van der Waals surface area contributed by atoms with Gasteiger partial charge in [0.2, 0.25) is 5.91 Å². The lowest BCUT2D eigenvalue weighted by Crippen LogP contribution is -2.51. The molecule has 2 aromatic rings. The maximum Gasteiger partial charge on any atom is 0.252 e. The number of amides is 1. The SMILES string of the molecule is O=C(CN1CCN(S(=O)(=O)c2ccc(Br)s2)CC1)NC1CCCc2ccccc21. The molecular formula is C20H24BrN3O3S2. The summed E-state index contributed by atoms with van der Waals surface area (Å²) in [5, 5.41) is 3.18. The van der Waals surface area contributed by atoms with Crippen LogP contribution in [0.25, 0.3) is 0 Å². The van der Waals surface area contributed by atoms with Crippen molar-refractivity contribution in [3.05, 3.63) is 51.3 Å². The second-order valence-corrected chi connectivity index (χ2v) is 12.1. The monoisotopic (exact) mass is 497 g/mol. The van der Waals surface area contributed by atoms with Gasteiger partial charge in [0.15, 0.2) is 0 Å². The summed E-state index contributed by atoms with van der Waals surface area (Å²) in [5.74, 6) is 0.00481. The molecule has 156 valence electrons. The van der Waals surface area contributed by atoms with Crippen LogP contribution in [0.2, 0.25) is 0 Å². The van der Waals surface area contributed by atoms with Crippen molar-refractivity contribution in [1.82, 2.24) is 14.5 Å². The molecule has 1 saturated heterocycles. The minimum Gasteiger partial charge on any atom is -0.348 e. The standard InChI is InChI=1S/C20H24BrN3O3S2/c21-18-8-9-20(28-18)29(26,27)24-12-10-23(11-13-24)14-19(25)22-17-7-3-5-15-4-1-2-6-16(15)17/h1-2,4,6,8-9,17H,3,5,7,10-14H2,(H,22,25). The zero-order valence-electron chi connectivity index (χ0n) is 16.0. The lowest BCUT2D eigenvalue weighted by molar-refractivity contribution is -0.123. The van der Waals surface area contributed by atoms with Gasteiger partial charge in [0, 0.05) is 26.2 Å². The van der Waals surface area contributed by atoms with Gasteiger partial charge in [-0.2, -0.15) is 4.31 Å². The largest absolute Gasteiger partial charge is 0.348 e. The number of nitrogens with zero attached hydrogens (tertiary/aromatic N) is 2. The molecule has 29 heavy (non-hydrogen) atoms. The van der Waals surface area contributed by atoms with Gasteiger partial charge < -0.3 is 5.32 Å². The van der Waals surface area contributed by atoms with Gasteiger partial charge in [-0.3, -0.25) is 9.69 Å². The fraction of sp³-hybridized carbons (Fsp3) is 0.450. The van der Waals surface area contributed by atoms with Crippen LogP contribution in [-0.2, 0) is 21.2 Å². The van der Waals surface area contributed by atoms with Crippen LogP contribution in [0.15, 0.2) is 44.4 Å². The number of halogens is 1. The van der Waals surface area contributed by atoms with E-state index in [0.717, 1.165) is 23.0 Å². The molecule has 1 aromatic heterocycles. The van der Waals surface area contributed by atoms with E-state index < -0.39 is 10.0 Å². The normalized spacial score (nSPS) is 20.9. The highest BCUT2D eigenvalue weighted by molar-refractivity contribution is 9.11. The first-order valence-electron chi connectivity index (χ1n) is 9.78. The first kappa shape index (κ1) is 21.0. The number of sulfonamides is 1. The highest BCUT2D eigenvalue weighted by Gasteiger charge is 2.30. The molecule has 1 aromatic carbocycles. The average Bonchev–Trinajstić information content (AvgIpc) is 3.16. The van der Waals surface area contributed by atoms with E-state index in [9.17, 15) is 13.2 Å². The Kier molecular flexibility index (Phi) is 6.41. The molecule has 9 heteroatoms. The molecule has 1 N–H and O–H groups in total. The second kappa shape index (κ2) is 8.85. The second-order valence-electron chi connectivity index (χ2n) is 7.45. The van der Waals surface area contributed by atoms with Crippen LogP contribution in [0.5, 0.6) is 0 Å². The van der Waals surface area contributed by atoms with Crippen LogP contribution < -0.4 is 5.32 Å². The topological polar surface area (TPSA) is 69.7 Å². The van der Waals surface area contributed by atoms with Gasteiger partial charge >= 0.3 is 0 Å². The van der Waals surface area contributed by atoms with Gasteiger partial charge in [-0.15, -0.1) is 11.3 Å². The van der Waals surface area contributed by atoms with Crippen LogP contribution in [0.4, 0.5) is 0 Å². The maximum absolute atomic E-state index is 12.7. The Bertz CT molecular complexity index is 984. The summed E-state index contributed by atoms with van der Waals surface area (Å²) in [5.41, 5.74) is 2.55. The van der Waals surface area contributed by atoms with Gasteiger partial charge in [0.05, 0.1) is 16.4 Å². The van der Waals surface area contributed by atoms with E-state index in [2.05, 4.69) is 33.4 Å². The number of fused-ring (bicyclic) bond motifs is 1. The van der Waals surface area contributed by atoms with Crippen LogP contribution >= 0.6 is 27.3 Å². The van der Waals surface area contributed by atoms with E-state index in [-0.39, 0.29) is 11.9 Å². The summed E-state index contributed by atoms with van der Waals surface area (Å²) in [6, 6.07) is 11.8. The Balaban J connectivity index is 1.31. The number of rotatable bonds is 5. The van der Waals surface area contributed by atoms with Crippen molar-refractivity contribution in [1.29, 1.82) is 0 Å². The van der Waals surface area contributed by atoms with Crippen molar-refractivity contribution in [2.24, 2.45) is 0 Å². The summed E-state index contributed by atoms with van der Waals surface area (Å²) < 4.78 is 28.1. The van der Waals surface area contributed by atoms with Crippen LogP contribution in [0, 0.1) is 0 Å². The number of aryl methyl sites for hydroxylation is 1. The number of hydrogen-bond donors (Lipinski definition) is 1. The number of carbonyl (C=O) groups is 1. The first-order chi connectivity index (χ1) is 13.9. The molecule has 1 unspecified atom stereocenters. The fourth-order valence-corrected chi connectivity index (χ4v) is 7.62. The van der Waals surface area contributed by atoms with Crippen LogP contribution in [0.1, 0.15) is 30.0 Å². The predicted octanol–water partition coefficient (Wildman–Crippen LogP) is 3.01. The highest BCUT2D eigenvalue weighted by atomic mass is 79.9. The molecule has 2 aliphatic rings. The molecule has 0 bridgehead atoms. The Morgan fingerprint density at radius 1 is 1.14 bits per heavy atom. The highest BCUT2D eigenvalue weighted by Crippen LogP contribution is 2.30. The Morgan fingerprint density at radius 2 is 1.90 bits per heavy atom. The molecule has 1 atom stereocenters. The van der Waals surface area contributed by atoms with Crippen molar-refractivity contribution < 1.29 is 13.2 Å². The lowest BCUT2D eigenvalue weighted by atomic mass is 9.88. The summed E-state index contributed by atoms with van der Waals surface area (Å²) in [6.07, 6.45) is 3.11. The molecule has 1 aliphatic heterocycles. The molecule has 2 heterocycles. The summed E-state index contributed by atoms with van der Waals surface area (Å²) in [6.45, 7) is 2.22. The fourth-order valence-electron chi connectivity index (χ4n) is 4.04. The third-order valence-corrected chi connectivity index (χ3v) is 9.54.